The minimum absolute atomic E-state index is 0.0156. The maximum absolute atomic E-state index is 12.5. The third kappa shape index (κ3) is 5.48. The van der Waals surface area contributed by atoms with Crippen LogP contribution in [0.25, 0.3) is 10.2 Å². The quantitative estimate of drug-likeness (QED) is 0.558. The molecule has 1 aromatic carbocycles. The van der Waals surface area contributed by atoms with Crippen LogP contribution < -0.4 is 10.9 Å². The van der Waals surface area contributed by atoms with Crippen molar-refractivity contribution < 1.29 is 4.79 Å². The second-order valence-electron chi connectivity index (χ2n) is 7.36. The highest BCUT2D eigenvalue weighted by atomic mass is 32.2. The number of carbonyl (C=O) groups is 1. The van der Waals surface area contributed by atoms with E-state index in [0.717, 1.165) is 28.1 Å². The van der Waals surface area contributed by atoms with Crippen LogP contribution in [0.4, 0.5) is 0 Å². The monoisotopic (exact) mass is 429 g/mol. The van der Waals surface area contributed by atoms with Gasteiger partial charge >= 0.3 is 0 Å². The molecule has 3 rings (SSSR count). The van der Waals surface area contributed by atoms with Gasteiger partial charge in [0.25, 0.3) is 5.56 Å². The highest BCUT2D eigenvalue weighted by Gasteiger charge is 2.17. The first-order valence-electron chi connectivity index (χ1n) is 9.80. The summed E-state index contributed by atoms with van der Waals surface area (Å²) in [6.45, 7) is 7.87. The minimum Gasteiger partial charge on any atom is -0.353 e. The van der Waals surface area contributed by atoms with E-state index in [4.69, 9.17) is 0 Å². The highest BCUT2D eigenvalue weighted by molar-refractivity contribution is 7.99. The third-order valence-corrected chi connectivity index (χ3v) is 7.28. The fraction of sp³-hybridized carbons (Fsp3) is 0.409. The van der Waals surface area contributed by atoms with Crippen molar-refractivity contribution in [1.29, 1.82) is 0 Å². The maximum Gasteiger partial charge on any atom is 0.259 e. The van der Waals surface area contributed by atoms with E-state index in [1.165, 1.54) is 17.3 Å². The molecule has 2 aromatic heterocycles. The zero-order valence-corrected chi connectivity index (χ0v) is 18.9. The van der Waals surface area contributed by atoms with E-state index in [1.54, 1.807) is 11.3 Å². The number of hydrogen-bond donors (Lipinski definition) is 2. The lowest BCUT2D eigenvalue weighted by Crippen LogP contribution is -2.38. The summed E-state index contributed by atoms with van der Waals surface area (Å²) in [4.78, 5) is 34.2. The molecule has 0 bridgehead atoms. The van der Waals surface area contributed by atoms with Crippen LogP contribution in [0, 0.1) is 13.8 Å². The standard InChI is InChI=1S/C22H27N3O2S2/c1-13(10-11-17-8-6-5-7-9-17)23-20(26)16(4)28-12-18-24-21(27)19-14(2)15(3)29-22(19)25-18/h5-9,13,16H,10-12H2,1-4H3,(H,23,26)(H,24,25,27). The zero-order valence-electron chi connectivity index (χ0n) is 17.2. The number of aryl methyl sites for hydroxylation is 3. The van der Waals surface area contributed by atoms with E-state index < -0.39 is 0 Å². The van der Waals surface area contributed by atoms with E-state index in [0.29, 0.717) is 17.0 Å². The molecule has 0 saturated heterocycles. The van der Waals surface area contributed by atoms with E-state index in [-0.39, 0.29) is 22.8 Å². The number of aromatic nitrogens is 2. The lowest BCUT2D eigenvalue weighted by atomic mass is 10.1. The van der Waals surface area contributed by atoms with Crippen molar-refractivity contribution in [3.8, 4) is 0 Å². The first kappa shape index (κ1) is 21.6. The normalized spacial score (nSPS) is 13.4. The molecule has 2 unspecified atom stereocenters. The van der Waals surface area contributed by atoms with Gasteiger partial charge in [-0.2, -0.15) is 0 Å². The Bertz CT molecular complexity index is 1040. The second kappa shape index (κ2) is 9.59. The topological polar surface area (TPSA) is 74.8 Å². The molecule has 0 saturated carbocycles. The van der Waals surface area contributed by atoms with Crippen LogP contribution in [0.3, 0.4) is 0 Å². The molecule has 0 fully saturated rings. The molecule has 154 valence electrons. The molecular formula is C22H27N3O2S2. The summed E-state index contributed by atoms with van der Waals surface area (Å²) in [5, 5.41) is 3.55. The summed E-state index contributed by atoms with van der Waals surface area (Å²) in [7, 11) is 0. The summed E-state index contributed by atoms with van der Waals surface area (Å²) in [6, 6.07) is 10.4. The number of H-pyrrole nitrogens is 1. The van der Waals surface area contributed by atoms with E-state index in [1.807, 2.05) is 45.9 Å². The SMILES string of the molecule is Cc1sc2nc(CSC(C)C(=O)NC(C)CCc3ccccc3)[nH]c(=O)c2c1C. The zero-order chi connectivity index (χ0) is 21.0. The van der Waals surface area contributed by atoms with Crippen LogP contribution in [0.15, 0.2) is 35.1 Å². The Kier molecular flexibility index (Phi) is 7.14. The summed E-state index contributed by atoms with van der Waals surface area (Å²) in [6.07, 6.45) is 1.84. The third-order valence-electron chi connectivity index (χ3n) is 5.02. The lowest BCUT2D eigenvalue weighted by Gasteiger charge is -2.17. The Morgan fingerprint density at radius 1 is 1.24 bits per heavy atom. The molecule has 7 heteroatoms. The van der Waals surface area contributed by atoms with Gasteiger partial charge in [-0.05, 0) is 51.7 Å². The summed E-state index contributed by atoms with van der Waals surface area (Å²) in [5.41, 5.74) is 2.18. The van der Waals surface area contributed by atoms with E-state index in [2.05, 4.69) is 27.4 Å². The number of fused-ring (bicyclic) bond motifs is 1. The van der Waals surface area contributed by atoms with Crippen LogP contribution in [-0.2, 0) is 17.0 Å². The first-order chi connectivity index (χ1) is 13.8. The van der Waals surface area contributed by atoms with Crippen LogP contribution in [0.1, 0.15) is 42.1 Å². The molecule has 0 spiro atoms. The molecule has 2 N–H and O–H groups in total. The van der Waals surface area contributed by atoms with Gasteiger partial charge in [0.2, 0.25) is 5.91 Å². The first-order valence-corrected chi connectivity index (χ1v) is 11.7. The second-order valence-corrected chi connectivity index (χ2v) is 9.90. The number of amides is 1. The van der Waals surface area contributed by atoms with Gasteiger partial charge in [-0.1, -0.05) is 30.3 Å². The number of benzene rings is 1. The Hall–Kier alpha value is -2.12. The maximum atomic E-state index is 12.5. The molecule has 29 heavy (non-hydrogen) atoms. The van der Waals surface area contributed by atoms with Crippen LogP contribution >= 0.6 is 23.1 Å². The summed E-state index contributed by atoms with van der Waals surface area (Å²) in [5.74, 6) is 1.13. The van der Waals surface area contributed by atoms with Gasteiger partial charge in [0.1, 0.15) is 10.7 Å². The Labute approximate surface area is 179 Å². The number of nitrogens with one attached hydrogen (secondary N) is 2. The van der Waals surface area contributed by atoms with Crippen molar-refractivity contribution >= 4 is 39.2 Å². The van der Waals surface area contributed by atoms with Gasteiger partial charge in [0.05, 0.1) is 16.4 Å². The molecule has 2 atom stereocenters. The minimum atomic E-state index is -0.220. The molecule has 0 radical (unpaired) electrons. The molecule has 0 aliphatic carbocycles. The van der Waals surface area contributed by atoms with E-state index >= 15 is 0 Å². The predicted octanol–water partition coefficient (Wildman–Crippen LogP) is 4.36. The Balaban J connectivity index is 1.52. The number of hydrogen-bond acceptors (Lipinski definition) is 5. The van der Waals surface area contributed by atoms with Crippen molar-refractivity contribution in [3.63, 3.8) is 0 Å². The van der Waals surface area contributed by atoms with Gasteiger partial charge < -0.3 is 10.3 Å². The van der Waals surface area contributed by atoms with Crippen molar-refractivity contribution in [2.24, 2.45) is 0 Å². The molecule has 1 amide bonds. The van der Waals surface area contributed by atoms with Crippen LogP contribution in [-0.4, -0.2) is 27.2 Å². The Morgan fingerprint density at radius 2 is 1.97 bits per heavy atom. The fourth-order valence-corrected chi connectivity index (χ4v) is 4.92. The van der Waals surface area contributed by atoms with E-state index in [9.17, 15) is 9.59 Å². The van der Waals surface area contributed by atoms with Crippen molar-refractivity contribution in [1.82, 2.24) is 15.3 Å². The summed E-state index contributed by atoms with van der Waals surface area (Å²) < 4.78 is 0. The number of aromatic amines is 1. The molecule has 0 aliphatic rings. The van der Waals surface area contributed by atoms with Gasteiger partial charge in [-0.25, -0.2) is 4.98 Å². The van der Waals surface area contributed by atoms with Gasteiger partial charge in [0.15, 0.2) is 0 Å². The summed E-state index contributed by atoms with van der Waals surface area (Å²) >= 11 is 3.02. The van der Waals surface area contributed by atoms with Crippen molar-refractivity contribution in [3.05, 3.63) is 62.5 Å². The lowest BCUT2D eigenvalue weighted by molar-refractivity contribution is -0.120. The number of thiophene rings is 1. The molecule has 2 heterocycles. The van der Waals surface area contributed by atoms with Crippen LogP contribution in [0.2, 0.25) is 0 Å². The van der Waals surface area contributed by atoms with Gasteiger partial charge in [-0.15, -0.1) is 23.1 Å². The number of carbonyl (C=O) groups excluding carboxylic acids is 1. The van der Waals surface area contributed by atoms with Crippen LogP contribution in [0.5, 0.6) is 0 Å². The van der Waals surface area contributed by atoms with Crippen molar-refractivity contribution in [2.75, 3.05) is 0 Å². The number of rotatable bonds is 8. The highest BCUT2D eigenvalue weighted by Crippen LogP contribution is 2.26. The average Bonchev–Trinajstić information content (AvgIpc) is 2.99. The molecule has 0 aliphatic heterocycles. The average molecular weight is 430 g/mol. The fourth-order valence-electron chi connectivity index (χ4n) is 3.11. The number of thioether (sulfide) groups is 1. The van der Waals surface area contributed by atoms with Gasteiger partial charge in [-0.3, -0.25) is 9.59 Å². The number of nitrogens with zero attached hydrogens (tertiary/aromatic N) is 1. The molecule has 3 aromatic rings. The molecule has 5 nitrogen and oxygen atoms in total. The smallest absolute Gasteiger partial charge is 0.259 e. The van der Waals surface area contributed by atoms with Gasteiger partial charge in [0, 0.05) is 10.9 Å². The molecular weight excluding hydrogens is 402 g/mol. The van der Waals surface area contributed by atoms with Crippen molar-refractivity contribution in [2.45, 2.75) is 57.6 Å². The Morgan fingerprint density at radius 3 is 2.69 bits per heavy atom. The predicted molar refractivity (Wildman–Crippen MR) is 123 cm³/mol. The largest absolute Gasteiger partial charge is 0.353 e.